The Balaban J connectivity index is 0.964. The first-order chi connectivity index (χ1) is 40.5. The summed E-state index contributed by atoms with van der Waals surface area (Å²) in [4.78, 5) is 5.39. The number of nitrogens with zero attached hydrogens (tertiary/aromatic N) is 1. The number of allylic oxidation sites excluding steroid dienone is 2. The second kappa shape index (κ2) is 21.2. The molecule has 2 saturated carbocycles. The molecule has 5 aliphatic heterocycles. The zero-order valence-corrected chi connectivity index (χ0v) is 48.2. The molecule has 0 unspecified atom stereocenters. The summed E-state index contributed by atoms with van der Waals surface area (Å²) in [5.41, 5.74) is 18.8. The Kier molecular flexibility index (Phi) is 13.9. The normalized spacial score (nSPS) is 34.6. The number of phenols is 2. The summed E-state index contributed by atoms with van der Waals surface area (Å²) in [5.74, 6) is 4.23. The van der Waals surface area contributed by atoms with Crippen LogP contribution in [0.2, 0.25) is 0 Å². The molecule has 0 amide bonds. The number of aliphatic hydroxyl groups is 2. The van der Waals surface area contributed by atoms with Crippen LogP contribution in [0.4, 0.5) is 0 Å². The van der Waals surface area contributed by atoms with Gasteiger partial charge in [0.05, 0.1) is 17.0 Å². The van der Waals surface area contributed by atoms with Gasteiger partial charge in [-0.3, -0.25) is 4.55 Å². The summed E-state index contributed by atoms with van der Waals surface area (Å²) in [6, 6.07) is 41.9. The molecular weight excluding hydrogens is 1070 g/mol. The number of rotatable bonds is 7. The molecule has 434 valence electrons. The minimum atomic E-state index is -4.72. The predicted molar refractivity (Wildman–Crippen MR) is 325 cm³/mol. The van der Waals surface area contributed by atoms with E-state index in [1.807, 2.05) is 54.6 Å². The van der Waals surface area contributed by atoms with Crippen molar-refractivity contribution in [3.8, 4) is 29.1 Å². The molecule has 12 nitrogen and oxygen atoms in total. The maximum absolute atomic E-state index is 14.6. The van der Waals surface area contributed by atoms with Crippen molar-refractivity contribution < 1.29 is 42.9 Å². The molecule has 13 heteroatoms. The largest absolute Gasteiger partial charge is 0.508 e. The Morgan fingerprint density at radius 3 is 2.36 bits per heavy atom. The van der Waals surface area contributed by atoms with Crippen molar-refractivity contribution in [2.24, 2.45) is 69.7 Å². The molecule has 5 aliphatic carbocycles. The lowest BCUT2D eigenvalue weighted by molar-refractivity contribution is -0.213. The number of aryl methyl sites for hydroxylation is 1. The summed E-state index contributed by atoms with van der Waals surface area (Å²) >= 11 is 0. The predicted octanol–water partition coefficient (Wildman–Crippen LogP) is 11.6. The highest BCUT2D eigenvalue weighted by Gasteiger charge is 2.66. The molecule has 1 saturated heterocycles. The van der Waals surface area contributed by atoms with Gasteiger partial charge < -0.3 is 41.4 Å². The molecule has 10 aliphatic rings. The van der Waals surface area contributed by atoms with Crippen molar-refractivity contribution in [1.82, 2.24) is 0 Å². The van der Waals surface area contributed by atoms with Crippen LogP contribution in [0.15, 0.2) is 156 Å². The quantitative estimate of drug-likeness (QED) is 0.0262. The van der Waals surface area contributed by atoms with Gasteiger partial charge in [-0.1, -0.05) is 128 Å². The van der Waals surface area contributed by atoms with E-state index < -0.39 is 56.5 Å². The Labute approximate surface area is 492 Å². The van der Waals surface area contributed by atoms with Gasteiger partial charge >= 0.3 is 0 Å². The van der Waals surface area contributed by atoms with E-state index in [2.05, 4.69) is 91.6 Å². The lowest BCUT2D eigenvalue weighted by atomic mass is 9.44. The number of nitrogens with two attached hydrogens (primary N) is 2. The monoisotopic (exact) mass is 1150 g/mol. The number of fused-ring (bicyclic) bond motifs is 10. The number of aliphatic hydroxyl groups excluding tert-OH is 1. The van der Waals surface area contributed by atoms with Gasteiger partial charge in [-0.15, -0.1) is 0 Å². The molecule has 84 heavy (non-hydrogen) atoms. The Morgan fingerprint density at radius 2 is 1.56 bits per heavy atom. The van der Waals surface area contributed by atoms with Gasteiger partial charge in [-0.25, -0.2) is 4.99 Å². The maximum atomic E-state index is 14.6. The average molecular weight is 1150 g/mol. The van der Waals surface area contributed by atoms with Crippen molar-refractivity contribution in [3.63, 3.8) is 0 Å². The molecule has 5 heterocycles. The van der Waals surface area contributed by atoms with Crippen molar-refractivity contribution >= 4 is 26.9 Å². The highest BCUT2D eigenvalue weighted by Crippen LogP contribution is 2.65. The van der Waals surface area contributed by atoms with Crippen molar-refractivity contribution in [1.29, 1.82) is 0 Å². The SMILES string of the molecule is C[C@@H]1CCc2cc3ccc2[C@H]1C[C@@H](S(=O)(=O)O)[C@H]1C=C2C[C@H](C[C@H]4C[C@@H](CO)CC#Cc5cc(O)ccc5[C@@H]2O4)[C@@H]1c1ccc(cc1)[C@](N=C(N)N)([C@H]1C[C@H]2C=C[C@@H]4[C@H](c5ccc6ccc(O)cc6c5)CC[C@H]2[C@]4(O)[C@@H]1Cc1ccccc1)O3. The Morgan fingerprint density at radius 1 is 0.786 bits per heavy atom. The number of phenolic OH excluding ortho intramolecular Hbond substituents is 2. The third-order valence-electron chi connectivity index (χ3n) is 21.6. The molecule has 6 aromatic carbocycles. The smallest absolute Gasteiger partial charge is 0.268 e. The first kappa shape index (κ1) is 55.0. The molecule has 0 aromatic heterocycles. The molecule has 3 fully saturated rings. The summed E-state index contributed by atoms with van der Waals surface area (Å²) in [5, 5.41) is 47.4. The molecule has 0 radical (unpaired) electrons. The molecular formula is C71H75N3O9S. The summed E-state index contributed by atoms with van der Waals surface area (Å²) < 4.78 is 56.0. The molecule has 17 atom stereocenters. The Bertz CT molecular complexity index is 3810. The molecule has 14 bridgehead atoms. The average Bonchev–Trinajstić information content (AvgIpc) is 1.27. The highest BCUT2D eigenvalue weighted by molar-refractivity contribution is 7.86. The first-order valence-corrected chi connectivity index (χ1v) is 32.0. The van der Waals surface area contributed by atoms with Gasteiger partial charge in [0.25, 0.3) is 10.1 Å². The van der Waals surface area contributed by atoms with Crippen molar-refractivity contribution in [3.05, 3.63) is 196 Å². The zero-order valence-electron chi connectivity index (χ0n) is 47.4. The van der Waals surface area contributed by atoms with Gasteiger partial charge in [0.2, 0.25) is 5.72 Å². The highest BCUT2D eigenvalue weighted by atomic mass is 32.2. The summed E-state index contributed by atoms with van der Waals surface area (Å²) in [6.07, 6.45) is 12.4. The van der Waals surface area contributed by atoms with E-state index in [4.69, 9.17) is 25.9 Å². The van der Waals surface area contributed by atoms with Crippen LogP contribution in [-0.2, 0) is 33.4 Å². The lowest BCUT2D eigenvalue weighted by Gasteiger charge is -2.63. The number of aromatic hydroxyl groups is 2. The van der Waals surface area contributed by atoms with Crippen LogP contribution in [0.1, 0.15) is 133 Å². The second-order valence-electron chi connectivity index (χ2n) is 26.2. The van der Waals surface area contributed by atoms with Crippen LogP contribution < -0.4 is 16.2 Å². The lowest BCUT2D eigenvalue weighted by Crippen LogP contribution is -2.67. The zero-order chi connectivity index (χ0) is 57.8. The first-order valence-electron chi connectivity index (χ1n) is 30.5. The van der Waals surface area contributed by atoms with Crippen LogP contribution in [0.3, 0.4) is 0 Å². The van der Waals surface area contributed by atoms with E-state index in [-0.39, 0.29) is 83.9 Å². The Hall–Kier alpha value is -6.92. The third-order valence-corrected chi connectivity index (χ3v) is 22.9. The van der Waals surface area contributed by atoms with E-state index in [1.54, 1.807) is 18.2 Å². The number of ether oxygens (including phenoxy) is 2. The van der Waals surface area contributed by atoms with Gasteiger partial charge in [-0.2, -0.15) is 8.42 Å². The van der Waals surface area contributed by atoms with Crippen LogP contribution in [0.5, 0.6) is 17.2 Å². The van der Waals surface area contributed by atoms with Crippen molar-refractivity contribution in [2.75, 3.05) is 6.61 Å². The maximum Gasteiger partial charge on any atom is 0.268 e. The summed E-state index contributed by atoms with van der Waals surface area (Å²) in [6.45, 7) is 2.10. The van der Waals surface area contributed by atoms with Gasteiger partial charge in [-0.05, 0) is 192 Å². The molecule has 9 N–H and O–H groups in total. The summed E-state index contributed by atoms with van der Waals surface area (Å²) in [7, 11) is -4.72. The minimum Gasteiger partial charge on any atom is -0.508 e. The van der Waals surface area contributed by atoms with Crippen LogP contribution in [0.25, 0.3) is 10.8 Å². The van der Waals surface area contributed by atoms with E-state index >= 15 is 0 Å². The minimum absolute atomic E-state index is 0.0380. The van der Waals surface area contributed by atoms with Gasteiger partial charge in [0.1, 0.15) is 23.4 Å². The third kappa shape index (κ3) is 9.52. The van der Waals surface area contributed by atoms with Gasteiger partial charge in [0.15, 0.2) is 5.96 Å². The topological polar surface area (TPSA) is 218 Å². The fourth-order valence-electron chi connectivity index (χ4n) is 17.9. The van der Waals surface area contributed by atoms with E-state index in [1.165, 1.54) is 0 Å². The van der Waals surface area contributed by atoms with Gasteiger partial charge in [0, 0.05) is 53.4 Å². The molecule has 0 spiro atoms. The number of guanidine groups is 1. The van der Waals surface area contributed by atoms with E-state index in [0.29, 0.717) is 55.4 Å². The number of aliphatic imine (C=N–C) groups is 1. The number of benzene rings is 6. The van der Waals surface area contributed by atoms with Crippen LogP contribution in [0, 0.1) is 65.1 Å². The van der Waals surface area contributed by atoms with Crippen molar-refractivity contribution in [2.45, 2.75) is 124 Å². The standard InChI is InChI=1S/C71H75N3O9S/c1-40-10-11-47-34-55-22-24-57(47)60(40)38-66(84(79,80)81)61-36-51-31-50(35-56-28-42(39-75)8-5-9-45-32-54(77)21-23-59(45)68(51)82-56)67(61)44-14-18-52(19-15-44)71(83-55,74-69(72)73)65-37-48-17-26-63-58(46-13-12-43-16-20-53(76)33-49(43)30-46)25-27-62(48)70(63,78)64(65)29-41-6-3-2-4-7-41/h2-4,6-7,12-24,26,30,32-34,36,40,42,48,50,56,58,60-68,75-78H,8,10-11,25,27-29,31,35,37-39H2,1H3,(H4,72,73,74)(H,79,80,81)/t40-,42+,48-,50-,56-,58+,60+,61-,62-,63-,64-,65+,66-,67+,68-,70-,71-/m1/s1. The number of hydrogen-bond donors (Lipinski definition) is 7. The van der Waals surface area contributed by atoms with E-state index in [0.717, 1.165) is 75.4 Å². The van der Waals surface area contributed by atoms with Crippen LogP contribution in [-0.4, -0.2) is 62.9 Å². The fourth-order valence-corrected chi connectivity index (χ4v) is 19.0. The number of hydrogen-bond acceptors (Lipinski definition) is 9. The molecule has 6 aromatic rings. The molecule has 16 rings (SSSR count). The van der Waals surface area contributed by atoms with Crippen LogP contribution >= 0.6 is 0 Å². The second-order valence-corrected chi connectivity index (χ2v) is 27.8. The fraction of sp³-hybridized carbons (Fsp3) is 0.423. The van der Waals surface area contributed by atoms with E-state index in [9.17, 15) is 33.4 Å².